The molecule has 9 nitrogen and oxygen atoms in total. The highest BCUT2D eigenvalue weighted by Crippen LogP contribution is 2.26. The molecule has 1 unspecified atom stereocenters. The first-order valence-electron chi connectivity index (χ1n) is 10.6. The van der Waals surface area contributed by atoms with Gasteiger partial charge in [0.05, 0.1) is 23.9 Å². The Morgan fingerprint density at radius 3 is 2.70 bits per heavy atom. The minimum absolute atomic E-state index is 0.248. The number of likely N-dealkylation sites (tertiary alicyclic amines) is 1. The van der Waals surface area contributed by atoms with Crippen LogP contribution in [-0.2, 0) is 15.3 Å². The van der Waals surface area contributed by atoms with Crippen LogP contribution in [0.15, 0.2) is 47.9 Å². The molecule has 1 atom stereocenters. The van der Waals surface area contributed by atoms with Crippen molar-refractivity contribution in [1.82, 2.24) is 29.9 Å². The van der Waals surface area contributed by atoms with Gasteiger partial charge in [-0.3, -0.25) is 9.59 Å². The number of halogens is 1. The van der Waals surface area contributed by atoms with E-state index in [1.807, 2.05) is 12.1 Å². The molecule has 1 saturated heterocycles. The number of nitrogens with zero attached hydrogens (tertiary/aromatic N) is 6. The second kappa shape index (κ2) is 10.8. The van der Waals surface area contributed by atoms with Crippen molar-refractivity contribution in [3.63, 3.8) is 0 Å². The van der Waals surface area contributed by atoms with Crippen LogP contribution in [0.5, 0.6) is 0 Å². The number of hydrogen-bond donors (Lipinski definition) is 0. The molecule has 1 aliphatic heterocycles. The van der Waals surface area contributed by atoms with Crippen LogP contribution in [0.4, 0.5) is 0 Å². The topological polar surface area (TPSA) is 103 Å². The van der Waals surface area contributed by atoms with Gasteiger partial charge in [0.2, 0.25) is 0 Å². The Labute approximate surface area is 200 Å². The lowest BCUT2D eigenvalue weighted by atomic mass is 9.98. The van der Waals surface area contributed by atoms with Gasteiger partial charge in [0.15, 0.2) is 10.9 Å². The Kier molecular flexibility index (Phi) is 7.56. The molecule has 0 aliphatic carbocycles. The summed E-state index contributed by atoms with van der Waals surface area (Å²) in [5.41, 5.74) is 1.61. The van der Waals surface area contributed by atoms with Gasteiger partial charge in [-0.15, -0.1) is 5.10 Å². The Bertz CT molecular complexity index is 1110. The maximum Gasteiger partial charge on any atom is 0.310 e. The number of thioether (sulfide) groups is 1. The van der Waals surface area contributed by atoms with E-state index < -0.39 is 0 Å². The van der Waals surface area contributed by atoms with E-state index in [0.717, 1.165) is 12.1 Å². The van der Waals surface area contributed by atoms with Gasteiger partial charge in [-0.05, 0) is 50.1 Å². The predicted octanol–water partition coefficient (Wildman–Crippen LogP) is 3.42. The molecule has 4 rings (SSSR count). The standard InChI is InChI=1S/C22H23ClN6O3S/c1-2-32-21(31)15-5-3-12-28(13-15)20(30)19-18(14-33-22-24-10-4-11-25-22)29(27-26-19)17-8-6-16(23)7-9-17/h4,6-11,15H,2-3,5,12-14H2,1H3. The van der Waals surface area contributed by atoms with Crippen molar-refractivity contribution < 1.29 is 14.3 Å². The summed E-state index contributed by atoms with van der Waals surface area (Å²) < 4.78 is 6.79. The summed E-state index contributed by atoms with van der Waals surface area (Å²) >= 11 is 7.42. The Morgan fingerprint density at radius 1 is 1.21 bits per heavy atom. The molecule has 0 spiro atoms. The van der Waals surface area contributed by atoms with E-state index in [-0.39, 0.29) is 23.5 Å². The summed E-state index contributed by atoms with van der Waals surface area (Å²) in [7, 11) is 0. The van der Waals surface area contributed by atoms with Crippen LogP contribution in [0, 0.1) is 5.92 Å². The van der Waals surface area contributed by atoms with Crippen LogP contribution in [0.2, 0.25) is 5.02 Å². The lowest BCUT2D eigenvalue weighted by molar-refractivity contribution is -0.149. The summed E-state index contributed by atoms with van der Waals surface area (Å²) in [5.74, 6) is -0.467. The zero-order valence-electron chi connectivity index (χ0n) is 18.1. The lowest BCUT2D eigenvalue weighted by Gasteiger charge is -2.31. The smallest absolute Gasteiger partial charge is 0.310 e. The molecule has 0 saturated carbocycles. The summed E-state index contributed by atoms with van der Waals surface area (Å²) in [4.78, 5) is 35.8. The third kappa shape index (κ3) is 5.51. The Morgan fingerprint density at radius 2 is 1.97 bits per heavy atom. The molecular formula is C22H23ClN6O3S. The highest BCUT2D eigenvalue weighted by atomic mass is 35.5. The van der Waals surface area contributed by atoms with Crippen molar-refractivity contribution in [3.8, 4) is 5.69 Å². The fourth-order valence-corrected chi connectivity index (χ4v) is 4.57. The van der Waals surface area contributed by atoms with Gasteiger partial charge < -0.3 is 9.64 Å². The maximum atomic E-state index is 13.5. The third-order valence-corrected chi connectivity index (χ3v) is 6.38. The van der Waals surface area contributed by atoms with Gasteiger partial charge in [-0.1, -0.05) is 28.6 Å². The number of amides is 1. The van der Waals surface area contributed by atoms with E-state index in [2.05, 4.69) is 20.3 Å². The van der Waals surface area contributed by atoms with Crippen molar-refractivity contribution in [2.24, 2.45) is 5.92 Å². The van der Waals surface area contributed by atoms with E-state index in [1.54, 1.807) is 47.1 Å². The molecule has 33 heavy (non-hydrogen) atoms. The van der Waals surface area contributed by atoms with Gasteiger partial charge in [-0.2, -0.15) is 0 Å². The molecule has 11 heteroatoms. The monoisotopic (exact) mass is 486 g/mol. The number of piperidine rings is 1. The van der Waals surface area contributed by atoms with Gasteiger partial charge in [-0.25, -0.2) is 14.6 Å². The number of hydrogen-bond acceptors (Lipinski definition) is 8. The van der Waals surface area contributed by atoms with Crippen LogP contribution < -0.4 is 0 Å². The number of carbonyl (C=O) groups excluding carboxylic acids is 2. The lowest BCUT2D eigenvalue weighted by Crippen LogP contribution is -2.43. The third-order valence-electron chi connectivity index (χ3n) is 5.25. The normalized spacial score (nSPS) is 15.9. The summed E-state index contributed by atoms with van der Waals surface area (Å²) in [6, 6.07) is 8.89. The highest BCUT2D eigenvalue weighted by Gasteiger charge is 2.32. The van der Waals surface area contributed by atoms with Crippen LogP contribution in [0.3, 0.4) is 0 Å². The zero-order chi connectivity index (χ0) is 23.2. The molecule has 0 radical (unpaired) electrons. The van der Waals surface area contributed by atoms with Gasteiger partial charge >= 0.3 is 5.97 Å². The SMILES string of the molecule is CCOC(=O)C1CCCN(C(=O)c2nnn(-c3ccc(Cl)cc3)c2CSc2ncccn2)C1. The highest BCUT2D eigenvalue weighted by molar-refractivity contribution is 7.98. The van der Waals surface area contributed by atoms with Crippen molar-refractivity contribution in [2.75, 3.05) is 19.7 Å². The first-order chi connectivity index (χ1) is 16.1. The second-order valence-corrected chi connectivity index (χ2v) is 8.81. The number of rotatable bonds is 7. The number of ether oxygens (including phenoxy) is 1. The van der Waals surface area contributed by atoms with Crippen LogP contribution in [-0.4, -0.2) is 61.4 Å². The average molecular weight is 487 g/mol. The quantitative estimate of drug-likeness (QED) is 0.284. The molecule has 172 valence electrons. The molecule has 1 fully saturated rings. The van der Waals surface area contributed by atoms with Gasteiger partial charge in [0.25, 0.3) is 5.91 Å². The van der Waals surface area contributed by atoms with Crippen molar-refractivity contribution >= 4 is 35.2 Å². The Balaban J connectivity index is 1.61. The molecule has 3 heterocycles. The van der Waals surface area contributed by atoms with Crippen molar-refractivity contribution in [2.45, 2.75) is 30.7 Å². The van der Waals surface area contributed by atoms with E-state index in [0.29, 0.717) is 47.7 Å². The van der Waals surface area contributed by atoms with Crippen LogP contribution in [0.25, 0.3) is 5.69 Å². The molecule has 2 aromatic heterocycles. The minimum atomic E-state index is -0.329. The van der Waals surface area contributed by atoms with Crippen molar-refractivity contribution in [1.29, 1.82) is 0 Å². The molecule has 0 bridgehead atoms. The first kappa shape index (κ1) is 23.2. The molecule has 1 aliphatic rings. The molecule has 0 N–H and O–H groups in total. The van der Waals surface area contributed by atoms with Gasteiger partial charge in [0.1, 0.15) is 0 Å². The summed E-state index contributed by atoms with van der Waals surface area (Å²) in [6.07, 6.45) is 4.76. The van der Waals surface area contributed by atoms with E-state index in [1.165, 1.54) is 11.8 Å². The molecular weight excluding hydrogens is 464 g/mol. The maximum absolute atomic E-state index is 13.5. The van der Waals surface area contributed by atoms with Crippen LogP contribution >= 0.6 is 23.4 Å². The Hall–Kier alpha value is -2.98. The van der Waals surface area contributed by atoms with E-state index in [9.17, 15) is 9.59 Å². The number of esters is 1. The van der Waals surface area contributed by atoms with Crippen molar-refractivity contribution in [3.05, 3.63) is 59.1 Å². The fourth-order valence-electron chi connectivity index (χ4n) is 3.64. The number of carbonyl (C=O) groups is 2. The predicted molar refractivity (Wildman–Crippen MR) is 123 cm³/mol. The average Bonchev–Trinajstić information content (AvgIpc) is 3.27. The summed E-state index contributed by atoms with van der Waals surface area (Å²) in [6.45, 7) is 2.96. The second-order valence-electron chi connectivity index (χ2n) is 7.44. The fraction of sp³-hybridized carbons (Fsp3) is 0.364. The van der Waals surface area contributed by atoms with E-state index in [4.69, 9.17) is 16.3 Å². The summed E-state index contributed by atoms with van der Waals surface area (Å²) in [5, 5.41) is 9.67. The molecule has 1 amide bonds. The van der Waals surface area contributed by atoms with E-state index >= 15 is 0 Å². The molecule has 3 aromatic rings. The largest absolute Gasteiger partial charge is 0.466 e. The molecule has 1 aromatic carbocycles. The number of aromatic nitrogens is 5. The minimum Gasteiger partial charge on any atom is -0.466 e. The number of benzene rings is 1. The zero-order valence-corrected chi connectivity index (χ0v) is 19.6. The van der Waals surface area contributed by atoms with Crippen LogP contribution in [0.1, 0.15) is 35.9 Å². The van der Waals surface area contributed by atoms with Gasteiger partial charge in [0, 0.05) is 36.3 Å². The first-order valence-corrected chi connectivity index (χ1v) is 12.0.